The van der Waals surface area contributed by atoms with Crippen molar-refractivity contribution in [1.29, 1.82) is 0 Å². The summed E-state index contributed by atoms with van der Waals surface area (Å²) in [6, 6.07) is 13.5. The fourth-order valence-electron chi connectivity index (χ4n) is 4.07. The molecule has 3 amide bonds. The molecule has 4 aromatic rings. The van der Waals surface area contributed by atoms with Crippen molar-refractivity contribution in [2.45, 2.75) is 19.0 Å². The van der Waals surface area contributed by atoms with Gasteiger partial charge in [-0.2, -0.15) is 0 Å². The third-order valence-corrected chi connectivity index (χ3v) is 5.95. The molecule has 0 saturated carbocycles. The van der Waals surface area contributed by atoms with Crippen LogP contribution in [0, 0.1) is 0 Å². The van der Waals surface area contributed by atoms with Crippen LogP contribution in [0.1, 0.15) is 21.9 Å². The number of aromatic nitrogens is 3. The van der Waals surface area contributed by atoms with E-state index >= 15 is 0 Å². The molecule has 2 aromatic heterocycles. The number of hydrogen-bond donors (Lipinski definition) is 4. The molecule has 34 heavy (non-hydrogen) atoms. The second kappa shape index (κ2) is 9.03. The number of rotatable bonds is 6. The fourth-order valence-corrected chi connectivity index (χ4v) is 4.26. The normalized spacial score (nSPS) is 15.3. The number of hydrogen-bond acceptors (Lipinski definition) is 4. The first-order valence-corrected chi connectivity index (χ1v) is 11.1. The van der Waals surface area contributed by atoms with Crippen molar-refractivity contribution < 1.29 is 14.4 Å². The summed E-state index contributed by atoms with van der Waals surface area (Å²) in [5.74, 6) is -0.478. The molecule has 0 saturated heterocycles. The van der Waals surface area contributed by atoms with Crippen LogP contribution >= 0.6 is 11.6 Å². The maximum absolute atomic E-state index is 13.3. The van der Waals surface area contributed by atoms with Crippen LogP contribution in [-0.2, 0) is 22.6 Å². The van der Waals surface area contributed by atoms with Crippen molar-refractivity contribution in [3.05, 3.63) is 83.0 Å². The third-order valence-electron chi connectivity index (χ3n) is 5.71. The largest absolute Gasteiger partial charge is 0.351 e. The molecule has 0 bridgehead atoms. The molecule has 0 spiro atoms. The standard InChI is InChI=1S/C24H21ClN6O3/c25-16-5-6-17-15(9-16)11-18(29-17)23(33)30-19-10-14-3-1-2-4-20(14)31(24(19)34)13-22(32)28-12-21-26-7-8-27-21/h1-9,11,19,29H,10,12-13H2,(H,26,27)(H,28,32)(H,30,33). The number of carbonyl (C=O) groups excluding carboxylic acids is 3. The van der Waals surface area contributed by atoms with Crippen LogP contribution in [0.15, 0.2) is 60.9 Å². The van der Waals surface area contributed by atoms with Gasteiger partial charge >= 0.3 is 0 Å². The topological polar surface area (TPSA) is 123 Å². The van der Waals surface area contributed by atoms with Gasteiger partial charge in [0, 0.05) is 40.4 Å². The Morgan fingerprint density at radius 3 is 2.85 bits per heavy atom. The third kappa shape index (κ3) is 4.38. The molecule has 0 fully saturated rings. The van der Waals surface area contributed by atoms with Crippen molar-refractivity contribution in [3.63, 3.8) is 0 Å². The van der Waals surface area contributed by atoms with Gasteiger partial charge in [0.2, 0.25) is 11.8 Å². The average molecular weight is 477 g/mol. The lowest BCUT2D eigenvalue weighted by molar-refractivity contribution is -0.125. The highest BCUT2D eigenvalue weighted by atomic mass is 35.5. The van der Waals surface area contributed by atoms with Gasteiger partial charge in [-0.15, -0.1) is 0 Å². The van der Waals surface area contributed by atoms with Gasteiger partial charge in [-0.25, -0.2) is 4.98 Å². The van der Waals surface area contributed by atoms with E-state index in [1.54, 1.807) is 42.7 Å². The minimum atomic E-state index is -0.810. The zero-order valence-electron chi connectivity index (χ0n) is 18.0. The van der Waals surface area contributed by atoms with E-state index in [-0.39, 0.29) is 24.9 Å². The first kappa shape index (κ1) is 21.7. The summed E-state index contributed by atoms with van der Waals surface area (Å²) in [5, 5.41) is 6.94. The Morgan fingerprint density at radius 2 is 2.03 bits per heavy atom. The fraction of sp³-hybridized carbons (Fsp3) is 0.167. The second-order valence-electron chi connectivity index (χ2n) is 8.01. The van der Waals surface area contributed by atoms with Crippen LogP contribution in [0.4, 0.5) is 5.69 Å². The molecule has 9 nitrogen and oxygen atoms in total. The van der Waals surface area contributed by atoms with Crippen LogP contribution in [-0.4, -0.2) is 45.3 Å². The lowest BCUT2D eigenvalue weighted by Crippen LogP contribution is -2.55. The van der Waals surface area contributed by atoms with Crippen LogP contribution in [0.3, 0.4) is 0 Å². The predicted octanol–water partition coefficient (Wildman–Crippen LogP) is 2.55. The van der Waals surface area contributed by atoms with Crippen LogP contribution < -0.4 is 15.5 Å². The number of halogens is 1. The Kier molecular flexibility index (Phi) is 5.77. The molecule has 1 aliphatic heterocycles. The summed E-state index contributed by atoms with van der Waals surface area (Å²) < 4.78 is 0. The van der Waals surface area contributed by atoms with Crippen LogP contribution in [0.5, 0.6) is 0 Å². The minimum Gasteiger partial charge on any atom is -0.351 e. The number of carbonyl (C=O) groups is 3. The van der Waals surface area contributed by atoms with Crippen molar-refractivity contribution >= 4 is 45.9 Å². The van der Waals surface area contributed by atoms with E-state index in [1.165, 1.54) is 4.90 Å². The van der Waals surface area contributed by atoms with E-state index in [0.29, 0.717) is 28.6 Å². The molecule has 10 heteroatoms. The first-order chi connectivity index (χ1) is 16.5. The molecular formula is C24H21ClN6O3. The molecule has 5 rings (SSSR count). The van der Waals surface area contributed by atoms with E-state index in [0.717, 1.165) is 16.5 Å². The number of para-hydroxylation sites is 1. The molecule has 1 aliphatic rings. The number of aromatic amines is 2. The smallest absolute Gasteiger partial charge is 0.268 e. The average Bonchev–Trinajstić information content (AvgIpc) is 3.50. The summed E-state index contributed by atoms with van der Waals surface area (Å²) in [6.07, 6.45) is 3.60. The first-order valence-electron chi connectivity index (χ1n) is 10.7. The summed E-state index contributed by atoms with van der Waals surface area (Å²) >= 11 is 6.04. The van der Waals surface area contributed by atoms with Gasteiger partial charge in [-0.3, -0.25) is 14.4 Å². The molecular weight excluding hydrogens is 456 g/mol. The Balaban J connectivity index is 1.33. The molecule has 0 radical (unpaired) electrons. The van der Waals surface area contributed by atoms with Crippen molar-refractivity contribution in [3.8, 4) is 0 Å². The van der Waals surface area contributed by atoms with E-state index in [2.05, 4.69) is 25.6 Å². The van der Waals surface area contributed by atoms with Gasteiger partial charge < -0.3 is 25.5 Å². The van der Waals surface area contributed by atoms with Gasteiger partial charge in [0.05, 0.1) is 6.54 Å². The lowest BCUT2D eigenvalue weighted by atomic mass is 9.97. The highest BCUT2D eigenvalue weighted by Gasteiger charge is 2.35. The molecule has 4 N–H and O–H groups in total. The summed E-state index contributed by atoms with van der Waals surface area (Å²) in [5.41, 5.74) is 2.62. The maximum atomic E-state index is 13.3. The number of anilines is 1. The number of H-pyrrole nitrogens is 2. The van der Waals surface area contributed by atoms with Crippen molar-refractivity contribution in [2.75, 3.05) is 11.4 Å². The molecule has 1 unspecified atom stereocenters. The number of amides is 3. The van der Waals surface area contributed by atoms with E-state index in [4.69, 9.17) is 11.6 Å². The molecule has 1 atom stereocenters. The lowest BCUT2D eigenvalue weighted by Gasteiger charge is -2.34. The minimum absolute atomic E-state index is 0.173. The Labute approximate surface area is 199 Å². The molecule has 2 aromatic carbocycles. The van der Waals surface area contributed by atoms with E-state index < -0.39 is 11.9 Å². The van der Waals surface area contributed by atoms with Gasteiger partial charge in [-0.1, -0.05) is 29.8 Å². The summed E-state index contributed by atoms with van der Waals surface area (Å²) in [4.78, 5) is 50.3. The highest BCUT2D eigenvalue weighted by Crippen LogP contribution is 2.28. The Morgan fingerprint density at radius 1 is 1.18 bits per heavy atom. The highest BCUT2D eigenvalue weighted by molar-refractivity contribution is 6.31. The van der Waals surface area contributed by atoms with Gasteiger partial charge in [0.25, 0.3) is 5.91 Å². The van der Waals surface area contributed by atoms with Crippen molar-refractivity contribution in [1.82, 2.24) is 25.6 Å². The number of fused-ring (bicyclic) bond motifs is 2. The number of nitrogens with one attached hydrogen (secondary N) is 4. The van der Waals surface area contributed by atoms with Crippen LogP contribution in [0.25, 0.3) is 10.9 Å². The Hall–Kier alpha value is -4.11. The second-order valence-corrected chi connectivity index (χ2v) is 8.45. The number of nitrogens with zero attached hydrogens (tertiary/aromatic N) is 2. The summed E-state index contributed by atoms with van der Waals surface area (Å²) in [6.45, 7) is 0.0495. The zero-order valence-corrected chi connectivity index (χ0v) is 18.7. The van der Waals surface area contributed by atoms with Gasteiger partial charge in [0.1, 0.15) is 24.1 Å². The van der Waals surface area contributed by atoms with E-state index in [1.807, 2.05) is 18.2 Å². The zero-order chi connectivity index (χ0) is 23.7. The number of imidazole rings is 1. The van der Waals surface area contributed by atoms with Crippen LogP contribution in [0.2, 0.25) is 5.02 Å². The van der Waals surface area contributed by atoms with Gasteiger partial charge in [-0.05, 0) is 35.9 Å². The summed E-state index contributed by atoms with van der Waals surface area (Å²) in [7, 11) is 0. The monoisotopic (exact) mass is 476 g/mol. The van der Waals surface area contributed by atoms with E-state index in [9.17, 15) is 14.4 Å². The molecule has 172 valence electrons. The maximum Gasteiger partial charge on any atom is 0.268 e. The van der Waals surface area contributed by atoms with Crippen molar-refractivity contribution in [2.24, 2.45) is 0 Å². The SMILES string of the molecule is O=C(CN1C(=O)C(NC(=O)c2cc3cc(Cl)ccc3[nH]2)Cc2ccccc21)NCc1ncc[nH]1. The quantitative estimate of drug-likeness (QED) is 0.341. The molecule has 0 aliphatic carbocycles. The number of benzene rings is 2. The predicted molar refractivity (Wildman–Crippen MR) is 127 cm³/mol. The van der Waals surface area contributed by atoms with Gasteiger partial charge in [0.15, 0.2) is 0 Å². The Bertz CT molecular complexity index is 1380. The molecule has 3 heterocycles.